The van der Waals surface area contributed by atoms with E-state index in [0.29, 0.717) is 0 Å². The number of ether oxygens (including phenoxy) is 1. The van der Waals surface area contributed by atoms with Gasteiger partial charge in [-0.1, -0.05) is 12.1 Å². The maximum atomic E-state index is 12.5. The molecular weight excluding hydrogens is 338 g/mol. The monoisotopic (exact) mass is 367 g/mol. The predicted octanol–water partition coefficient (Wildman–Crippen LogP) is 3.46. The number of aryl methyl sites for hydroxylation is 2. The van der Waals surface area contributed by atoms with Gasteiger partial charge in [0, 0.05) is 37.6 Å². The van der Waals surface area contributed by atoms with Gasteiger partial charge in [0.15, 0.2) is 6.10 Å². The number of nitrogens with one attached hydrogen (secondary N) is 1. The lowest BCUT2D eigenvalue weighted by atomic mass is 10.1. The highest BCUT2D eigenvalue weighted by atomic mass is 16.5. The first kappa shape index (κ1) is 19.2. The van der Waals surface area contributed by atoms with Crippen LogP contribution >= 0.6 is 0 Å². The van der Waals surface area contributed by atoms with E-state index >= 15 is 0 Å². The predicted molar refractivity (Wildman–Crippen MR) is 111 cm³/mol. The molecule has 0 aliphatic carbocycles. The lowest BCUT2D eigenvalue weighted by Crippen LogP contribution is -2.44. The standard InChI is InChI=1S/C22H29N3O2/c1-16-5-6-17(2)21(15-16)27-18(3)22(26)23-19-7-9-20(10-8-19)25-13-11-24(4)12-14-25/h5-10,15,18H,11-14H2,1-4H3,(H,23,26)/t18-/m1/s1. The Morgan fingerprint density at radius 2 is 1.70 bits per heavy atom. The Bertz CT molecular complexity index is 781. The Morgan fingerprint density at radius 1 is 1.04 bits per heavy atom. The zero-order valence-corrected chi connectivity index (χ0v) is 16.7. The van der Waals surface area contributed by atoms with Crippen molar-refractivity contribution in [3.8, 4) is 5.75 Å². The van der Waals surface area contributed by atoms with Crippen LogP contribution in [0.15, 0.2) is 42.5 Å². The third-order valence-electron chi connectivity index (χ3n) is 5.02. The van der Waals surface area contributed by atoms with Crippen LogP contribution in [-0.4, -0.2) is 50.1 Å². The number of hydrogen-bond donors (Lipinski definition) is 1. The molecular formula is C22H29N3O2. The van der Waals surface area contributed by atoms with Crippen LogP contribution in [-0.2, 0) is 4.79 Å². The first-order chi connectivity index (χ1) is 12.9. The Kier molecular flexibility index (Phi) is 6.01. The van der Waals surface area contributed by atoms with E-state index in [-0.39, 0.29) is 5.91 Å². The molecule has 0 bridgehead atoms. The highest BCUT2D eigenvalue weighted by Gasteiger charge is 2.17. The van der Waals surface area contributed by atoms with Crippen molar-refractivity contribution in [1.82, 2.24) is 4.90 Å². The van der Waals surface area contributed by atoms with Crippen LogP contribution in [0, 0.1) is 13.8 Å². The van der Waals surface area contributed by atoms with Crippen molar-refractivity contribution in [2.24, 2.45) is 0 Å². The van der Waals surface area contributed by atoms with E-state index in [1.165, 1.54) is 5.69 Å². The molecule has 0 saturated carbocycles. The molecule has 144 valence electrons. The summed E-state index contributed by atoms with van der Waals surface area (Å²) in [6, 6.07) is 14.0. The molecule has 1 fully saturated rings. The molecule has 1 atom stereocenters. The summed E-state index contributed by atoms with van der Waals surface area (Å²) in [7, 11) is 2.15. The first-order valence-electron chi connectivity index (χ1n) is 9.51. The van der Waals surface area contributed by atoms with Gasteiger partial charge in [0.1, 0.15) is 5.75 Å². The summed E-state index contributed by atoms with van der Waals surface area (Å²) >= 11 is 0. The highest BCUT2D eigenvalue weighted by Crippen LogP contribution is 2.22. The number of rotatable bonds is 5. The summed E-state index contributed by atoms with van der Waals surface area (Å²) < 4.78 is 5.86. The van der Waals surface area contributed by atoms with E-state index < -0.39 is 6.10 Å². The number of amides is 1. The minimum Gasteiger partial charge on any atom is -0.481 e. The summed E-state index contributed by atoms with van der Waals surface area (Å²) in [6.45, 7) is 9.98. The average molecular weight is 367 g/mol. The van der Waals surface area contributed by atoms with Crippen LogP contribution in [0.2, 0.25) is 0 Å². The zero-order chi connectivity index (χ0) is 19.4. The van der Waals surface area contributed by atoms with Crippen molar-refractivity contribution in [2.75, 3.05) is 43.4 Å². The van der Waals surface area contributed by atoms with Gasteiger partial charge in [-0.2, -0.15) is 0 Å². The Labute approximate surface area is 161 Å². The van der Waals surface area contributed by atoms with E-state index in [4.69, 9.17) is 4.74 Å². The molecule has 1 heterocycles. The molecule has 1 amide bonds. The quantitative estimate of drug-likeness (QED) is 0.879. The second kappa shape index (κ2) is 8.44. The van der Waals surface area contributed by atoms with Crippen LogP contribution in [0.5, 0.6) is 5.75 Å². The van der Waals surface area contributed by atoms with Crippen LogP contribution < -0.4 is 15.0 Å². The first-order valence-corrected chi connectivity index (χ1v) is 9.51. The number of nitrogens with zero attached hydrogens (tertiary/aromatic N) is 2. The Hall–Kier alpha value is -2.53. The SMILES string of the molecule is Cc1ccc(C)c(O[C@H](C)C(=O)Nc2ccc(N3CCN(C)CC3)cc2)c1. The van der Waals surface area contributed by atoms with Crippen LogP contribution in [0.4, 0.5) is 11.4 Å². The second-order valence-corrected chi connectivity index (χ2v) is 7.36. The summed E-state index contributed by atoms with van der Waals surface area (Å²) in [5.74, 6) is 0.603. The van der Waals surface area contributed by atoms with Gasteiger partial charge in [-0.3, -0.25) is 4.79 Å². The molecule has 0 unspecified atom stereocenters. The van der Waals surface area contributed by atoms with Crippen molar-refractivity contribution in [3.05, 3.63) is 53.6 Å². The molecule has 2 aromatic rings. The lowest BCUT2D eigenvalue weighted by Gasteiger charge is -2.34. The van der Waals surface area contributed by atoms with Gasteiger partial charge in [-0.25, -0.2) is 0 Å². The topological polar surface area (TPSA) is 44.8 Å². The number of carbonyl (C=O) groups excluding carboxylic acids is 1. The molecule has 0 aromatic heterocycles. The van der Waals surface area contributed by atoms with E-state index in [1.54, 1.807) is 6.92 Å². The maximum absolute atomic E-state index is 12.5. The Morgan fingerprint density at radius 3 is 2.37 bits per heavy atom. The van der Waals surface area contributed by atoms with Crippen LogP contribution in [0.1, 0.15) is 18.1 Å². The fraction of sp³-hybridized carbons (Fsp3) is 0.409. The van der Waals surface area contributed by atoms with Gasteiger partial charge in [0.05, 0.1) is 0 Å². The van der Waals surface area contributed by atoms with Crippen molar-refractivity contribution in [3.63, 3.8) is 0 Å². The van der Waals surface area contributed by atoms with Crippen molar-refractivity contribution >= 4 is 17.3 Å². The molecule has 1 saturated heterocycles. The van der Waals surface area contributed by atoms with Gasteiger partial charge >= 0.3 is 0 Å². The molecule has 1 aliphatic rings. The van der Waals surface area contributed by atoms with Crippen molar-refractivity contribution < 1.29 is 9.53 Å². The molecule has 1 aliphatic heterocycles. The fourth-order valence-corrected chi connectivity index (χ4v) is 3.14. The van der Waals surface area contributed by atoms with Gasteiger partial charge in [-0.15, -0.1) is 0 Å². The minimum absolute atomic E-state index is 0.150. The molecule has 0 radical (unpaired) electrons. The van der Waals surface area contributed by atoms with E-state index in [9.17, 15) is 4.79 Å². The van der Waals surface area contributed by atoms with Gasteiger partial charge < -0.3 is 19.9 Å². The number of hydrogen-bond acceptors (Lipinski definition) is 4. The van der Waals surface area contributed by atoms with Gasteiger partial charge in [0.2, 0.25) is 0 Å². The fourth-order valence-electron chi connectivity index (χ4n) is 3.14. The molecule has 27 heavy (non-hydrogen) atoms. The third kappa shape index (κ3) is 5.01. The molecule has 3 rings (SSSR count). The maximum Gasteiger partial charge on any atom is 0.265 e. The number of benzene rings is 2. The second-order valence-electron chi connectivity index (χ2n) is 7.36. The molecule has 5 heteroatoms. The molecule has 1 N–H and O–H groups in total. The summed E-state index contributed by atoms with van der Waals surface area (Å²) in [5, 5.41) is 2.94. The largest absolute Gasteiger partial charge is 0.481 e. The smallest absolute Gasteiger partial charge is 0.265 e. The summed E-state index contributed by atoms with van der Waals surface area (Å²) in [4.78, 5) is 17.2. The van der Waals surface area contributed by atoms with Crippen LogP contribution in [0.3, 0.4) is 0 Å². The van der Waals surface area contributed by atoms with Crippen molar-refractivity contribution in [1.29, 1.82) is 0 Å². The third-order valence-corrected chi connectivity index (χ3v) is 5.02. The summed E-state index contributed by atoms with van der Waals surface area (Å²) in [6.07, 6.45) is -0.567. The number of anilines is 2. The van der Waals surface area contributed by atoms with Gasteiger partial charge in [0.25, 0.3) is 5.91 Å². The molecule has 0 spiro atoms. The van der Waals surface area contributed by atoms with E-state index in [0.717, 1.165) is 48.7 Å². The van der Waals surface area contributed by atoms with Crippen LogP contribution in [0.25, 0.3) is 0 Å². The highest BCUT2D eigenvalue weighted by molar-refractivity contribution is 5.94. The van der Waals surface area contributed by atoms with E-state index in [1.807, 2.05) is 44.2 Å². The number of piperazine rings is 1. The summed E-state index contributed by atoms with van der Waals surface area (Å²) in [5.41, 5.74) is 4.12. The minimum atomic E-state index is -0.567. The normalized spacial score (nSPS) is 16.1. The number of likely N-dealkylation sites (N-methyl/N-ethyl adjacent to an activating group) is 1. The van der Waals surface area contributed by atoms with Gasteiger partial charge in [-0.05, 0) is 69.3 Å². The average Bonchev–Trinajstić information content (AvgIpc) is 2.66. The Balaban J connectivity index is 1.57. The molecule has 2 aromatic carbocycles. The number of carbonyl (C=O) groups is 1. The molecule has 5 nitrogen and oxygen atoms in total. The van der Waals surface area contributed by atoms with E-state index in [2.05, 4.69) is 34.3 Å². The lowest BCUT2D eigenvalue weighted by molar-refractivity contribution is -0.122. The van der Waals surface area contributed by atoms with Crippen molar-refractivity contribution in [2.45, 2.75) is 26.9 Å². The zero-order valence-electron chi connectivity index (χ0n) is 16.7.